The van der Waals surface area contributed by atoms with E-state index in [9.17, 15) is 19.2 Å². The van der Waals surface area contributed by atoms with Gasteiger partial charge in [-0.3, -0.25) is 14.5 Å². The Bertz CT molecular complexity index is 1050. The van der Waals surface area contributed by atoms with Crippen LogP contribution in [0.25, 0.3) is 0 Å². The molecular formula is C22H23FN4O3S. The van der Waals surface area contributed by atoms with Crippen LogP contribution in [-0.4, -0.2) is 44.2 Å². The Kier molecular flexibility index (Phi) is 8.19. The SMILES string of the molecule is CCOCC(=O)N(C(=S)N(C)c1ccc(C(=O)NC)c(F)c1)c1ccc(C#N)c(C)c1. The maximum atomic E-state index is 14.4. The van der Waals surface area contributed by atoms with E-state index in [0.29, 0.717) is 29.1 Å². The zero-order valence-electron chi connectivity index (χ0n) is 17.7. The standard InChI is InChI=1S/C22H23FN4O3S/c1-5-30-13-20(28)27(17-7-6-15(12-24)14(2)10-17)22(31)26(4)16-8-9-18(19(23)11-16)21(29)25-3/h6-11H,5,13H2,1-4H3,(H,25,29). The Labute approximate surface area is 186 Å². The molecule has 0 unspecified atom stereocenters. The molecule has 0 atom stereocenters. The molecule has 0 aromatic heterocycles. The van der Waals surface area contributed by atoms with Crippen molar-refractivity contribution in [2.24, 2.45) is 0 Å². The van der Waals surface area contributed by atoms with Crippen molar-refractivity contribution in [1.29, 1.82) is 5.26 Å². The number of nitriles is 1. The molecular weight excluding hydrogens is 419 g/mol. The Morgan fingerprint density at radius 3 is 2.45 bits per heavy atom. The van der Waals surface area contributed by atoms with E-state index in [-0.39, 0.29) is 17.3 Å². The molecule has 0 bridgehead atoms. The lowest BCUT2D eigenvalue weighted by atomic mass is 10.1. The number of carbonyl (C=O) groups is 2. The van der Waals surface area contributed by atoms with E-state index in [2.05, 4.69) is 11.4 Å². The first-order chi connectivity index (χ1) is 14.7. The molecule has 0 spiro atoms. The van der Waals surface area contributed by atoms with Crippen molar-refractivity contribution >= 4 is 40.5 Å². The zero-order chi connectivity index (χ0) is 23.1. The number of hydrogen-bond donors (Lipinski definition) is 1. The highest BCUT2D eigenvalue weighted by Crippen LogP contribution is 2.24. The van der Waals surface area contributed by atoms with Crippen LogP contribution in [0.3, 0.4) is 0 Å². The maximum absolute atomic E-state index is 14.4. The van der Waals surface area contributed by atoms with Crippen LogP contribution >= 0.6 is 12.2 Å². The molecule has 31 heavy (non-hydrogen) atoms. The summed E-state index contributed by atoms with van der Waals surface area (Å²) in [7, 11) is 3.01. The van der Waals surface area contributed by atoms with E-state index < -0.39 is 17.6 Å². The number of aryl methyl sites for hydroxylation is 1. The van der Waals surface area contributed by atoms with Gasteiger partial charge < -0.3 is 15.0 Å². The number of hydrogen-bond acceptors (Lipinski definition) is 5. The van der Waals surface area contributed by atoms with Gasteiger partial charge in [-0.05, 0) is 68.0 Å². The van der Waals surface area contributed by atoms with Crippen molar-refractivity contribution in [1.82, 2.24) is 5.32 Å². The number of thiocarbonyl (C=S) groups is 1. The van der Waals surface area contributed by atoms with Gasteiger partial charge in [0.05, 0.1) is 22.9 Å². The quantitative estimate of drug-likeness (QED) is 0.692. The first-order valence-corrected chi connectivity index (χ1v) is 9.86. The number of carbonyl (C=O) groups excluding carboxylic acids is 2. The van der Waals surface area contributed by atoms with Crippen molar-refractivity contribution in [3.05, 3.63) is 58.9 Å². The van der Waals surface area contributed by atoms with Crippen LogP contribution in [0.4, 0.5) is 15.8 Å². The minimum atomic E-state index is -0.715. The summed E-state index contributed by atoms with van der Waals surface area (Å²) in [6.07, 6.45) is 0. The van der Waals surface area contributed by atoms with Gasteiger partial charge in [-0.25, -0.2) is 4.39 Å². The average molecular weight is 443 g/mol. The summed E-state index contributed by atoms with van der Waals surface area (Å²) in [6, 6.07) is 11.0. The minimum absolute atomic E-state index is 0.0842. The van der Waals surface area contributed by atoms with Gasteiger partial charge in [0.2, 0.25) is 0 Å². The van der Waals surface area contributed by atoms with Gasteiger partial charge in [0, 0.05) is 26.4 Å². The van der Waals surface area contributed by atoms with Crippen molar-refractivity contribution < 1.29 is 18.7 Å². The summed E-state index contributed by atoms with van der Waals surface area (Å²) in [6.45, 7) is 3.67. The monoisotopic (exact) mass is 442 g/mol. The van der Waals surface area contributed by atoms with Gasteiger partial charge in [0.25, 0.3) is 11.8 Å². The van der Waals surface area contributed by atoms with Crippen LogP contribution < -0.4 is 15.1 Å². The lowest BCUT2D eigenvalue weighted by Crippen LogP contribution is -2.46. The Morgan fingerprint density at radius 1 is 1.23 bits per heavy atom. The second-order valence-electron chi connectivity index (χ2n) is 6.56. The predicted molar refractivity (Wildman–Crippen MR) is 121 cm³/mol. The molecule has 0 aliphatic heterocycles. The summed E-state index contributed by atoms with van der Waals surface area (Å²) in [5.74, 6) is -1.67. The van der Waals surface area contributed by atoms with Gasteiger partial charge in [-0.2, -0.15) is 5.26 Å². The summed E-state index contributed by atoms with van der Waals surface area (Å²) < 4.78 is 19.7. The van der Waals surface area contributed by atoms with E-state index in [1.807, 2.05) is 0 Å². The van der Waals surface area contributed by atoms with E-state index in [1.165, 1.54) is 35.0 Å². The number of nitrogens with zero attached hydrogens (tertiary/aromatic N) is 3. The Balaban J connectivity index is 2.43. The summed E-state index contributed by atoms with van der Waals surface area (Å²) >= 11 is 5.55. The molecule has 9 heteroatoms. The molecule has 0 heterocycles. The van der Waals surface area contributed by atoms with Crippen LogP contribution in [0.1, 0.15) is 28.4 Å². The van der Waals surface area contributed by atoms with Gasteiger partial charge in [0.1, 0.15) is 12.4 Å². The van der Waals surface area contributed by atoms with Crippen LogP contribution in [0.5, 0.6) is 0 Å². The fourth-order valence-electron chi connectivity index (χ4n) is 2.82. The van der Waals surface area contributed by atoms with Crippen molar-refractivity contribution in [2.45, 2.75) is 13.8 Å². The summed E-state index contributed by atoms with van der Waals surface area (Å²) in [4.78, 5) is 27.4. The minimum Gasteiger partial charge on any atom is -0.372 e. The molecule has 0 saturated carbocycles. The van der Waals surface area contributed by atoms with E-state index in [0.717, 1.165) is 0 Å². The third-order valence-electron chi connectivity index (χ3n) is 4.56. The molecule has 0 radical (unpaired) electrons. The van der Waals surface area contributed by atoms with Gasteiger partial charge in [-0.1, -0.05) is 0 Å². The van der Waals surface area contributed by atoms with E-state index >= 15 is 0 Å². The van der Waals surface area contributed by atoms with Crippen molar-refractivity contribution in [2.75, 3.05) is 37.1 Å². The molecule has 0 saturated heterocycles. The average Bonchev–Trinajstić information content (AvgIpc) is 2.76. The highest BCUT2D eigenvalue weighted by atomic mass is 32.1. The molecule has 2 aromatic carbocycles. The molecule has 0 aliphatic carbocycles. The molecule has 0 fully saturated rings. The maximum Gasteiger partial charge on any atom is 0.259 e. The lowest BCUT2D eigenvalue weighted by Gasteiger charge is -2.30. The predicted octanol–water partition coefficient (Wildman–Crippen LogP) is 3.16. The van der Waals surface area contributed by atoms with Crippen molar-refractivity contribution in [3.8, 4) is 6.07 Å². The number of nitrogens with one attached hydrogen (secondary N) is 1. The highest BCUT2D eigenvalue weighted by Gasteiger charge is 2.25. The molecule has 2 aromatic rings. The van der Waals surface area contributed by atoms with Crippen LogP contribution in [0.2, 0.25) is 0 Å². The Morgan fingerprint density at radius 2 is 1.90 bits per heavy atom. The molecule has 1 N–H and O–H groups in total. The smallest absolute Gasteiger partial charge is 0.259 e. The third kappa shape index (κ3) is 5.42. The fourth-order valence-corrected chi connectivity index (χ4v) is 3.13. The van der Waals surface area contributed by atoms with Crippen molar-refractivity contribution in [3.63, 3.8) is 0 Å². The third-order valence-corrected chi connectivity index (χ3v) is 5.01. The number of halogens is 1. The van der Waals surface area contributed by atoms with Crippen LogP contribution in [0.15, 0.2) is 36.4 Å². The van der Waals surface area contributed by atoms with E-state index in [1.54, 1.807) is 39.1 Å². The summed E-state index contributed by atoms with van der Waals surface area (Å²) in [5.41, 5.74) is 1.88. The van der Waals surface area contributed by atoms with Gasteiger partial charge in [0.15, 0.2) is 5.11 Å². The second kappa shape index (κ2) is 10.6. The molecule has 0 aliphatic rings. The first kappa shape index (κ1) is 23.9. The fraction of sp³-hybridized carbons (Fsp3) is 0.273. The number of rotatable bonds is 6. The number of amides is 2. The van der Waals surface area contributed by atoms with Gasteiger partial charge in [-0.15, -0.1) is 0 Å². The summed E-state index contributed by atoms with van der Waals surface area (Å²) in [5, 5.41) is 11.6. The second-order valence-corrected chi connectivity index (χ2v) is 6.93. The molecule has 7 nitrogen and oxygen atoms in total. The zero-order valence-corrected chi connectivity index (χ0v) is 18.5. The number of ether oxygens (including phenoxy) is 1. The molecule has 162 valence electrons. The lowest BCUT2D eigenvalue weighted by molar-refractivity contribution is -0.122. The Hall–Kier alpha value is -3.35. The number of benzene rings is 2. The largest absolute Gasteiger partial charge is 0.372 e. The first-order valence-electron chi connectivity index (χ1n) is 9.45. The van der Waals surface area contributed by atoms with Gasteiger partial charge >= 0.3 is 0 Å². The molecule has 2 amide bonds. The highest BCUT2D eigenvalue weighted by molar-refractivity contribution is 7.81. The topological polar surface area (TPSA) is 85.7 Å². The van der Waals surface area contributed by atoms with E-state index in [4.69, 9.17) is 17.0 Å². The van der Waals surface area contributed by atoms with Crippen LogP contribution in [0, 0.1) is 24.1 Å². The van der Waals surface area contributed by atoms with Crippen LogP contribution in [-0.2, 0) is 9.53 Å². The normalized spacial score (nSPS) is 10.2. The number of anilines is 2. The molecule has 2 rings (SSSR count).